The van der Waals surface area contributed by atoms with Crippen molar-refractivity contribution in [2.45, 2.75) is 20.8 Å². The lowest BCUT2D eigenvalue weighted by Crippen LogP contribution is -2.03. The van der Waals surface area contributed by atoms with E-state index in [-0.39, 0.29) is 0 Å². The van der Waals surface area contributed by atoms with Crippen molar-refractivity contribution < 1.29 is 18.9 Å². The fraction of sp³-hybridized carbons (Fsp3) is 0.300. The second-order valence-corrected chi connectivity index (χ2v) is 7.69. The van der Waals surface area contributed by atoms with Crippen LogP contribution in [0.25, 0.3) is 16.2 Å². The molecule has 9 nitrogen and oxygen atoms in total. The minimum Gasteiger partial charge on any atom is -0.493 e. The van der Waals surface area contributed by atoms with Gasteiger partial charge in [0.05, 0.1) is 36.9 Å². The molecule has 0 radical (unpaired) electrons. The van der Waals surface area contributed by atoms with Crippen LogP contribution in [0.3, 0.4) is 0 Å². The van der Waals surface area contributed by atoms with Crippen molar-refractivity contribution in [1.82, 2.24) is 24.6 Å². The summed E-state index contributed by atoms with van der Waals surface area (Å²) in [6.45, 7) is 5.72. The second-order valence-electron chi connectivity index (χ2n) is 6.45. The van der Waals surface area contributed by atoms with Crippen LogP contribution in [0.1, 0.15) is 16.5 Å². The Balaban J connectivity index is 1.88. The van der Waals surface area contributed by atoms with Gasteiger partial charge >= 0.3 is 0 Å². The lowest BCUT2D eigenvalue weighted by molar-refractivity contribution is 0.320. The number of ether oxygens (including phenoxy) is 4. The molecule has 0 unspecified atom stereocenters. The topological polar surface area (TPSA) is 92.9 Å². The molecule has 1 aromatic carbocycles. The first-order valence-corrected chi connectivity index (χ1v) is 9.91. The standard InChI is InChI=1S/C20H21N5O4S/c1-10-17-20(29-13-7-14(26-4)18(28-6)15(8-13)27-5)23-19(16-9-21-12(3)30-16)24-25(17)11(2)22-10/h7-9H,1-6H3. The summed E-state index contributed by atoms with van der Waals surface area (Å²) >= 11 is 1.51. The molecular formula is C20H21N5O4S. The second kappa shape index (κ2) is 7.79. The zero-order valence-corrected chi connectivity index (χ0v) is 18.3. The van der Waals surface area contributed by atoms with Gasteiger partial charge in [0.1, 0.15) is 11.6 Å². The Morgan fingerprint density at radius 3 is 2.20 bits per heavy atom. The van der Waals surface area contributed by atoms with Crippen molar-refractivity contribution in [3.8, 4) is 39.6 Å². The third kappa shape index (κ3) is 3.39. The normalized spacial score (nSPS) is 11.0. The zero-order valence-electron chi connectivity index (χ0n) is 17.5. The van der Waals surface area contributed by atoms with Crippen LogP contribution in [0.4, 0.5) is 0 Å². The molecule has 10 heteroatoms. The smallest absolute Gasteiger partial charge is 0.249 e. The van der Waals surface area contributed by atoms with Gasteiger partial charge in [-0.1, -0.05) is 0 Å². The van der Waals surface area contributed by atoms with Crippen molar-refractivity contribution in [1.29, 1.82) is 0 Å². The summed E-state index contributed by atoms with van der Waals surface area (Å²) in [6, 6.07) is 3.43. The highest BCUT2D eigenvalue weighted by molar-refractivity contribution is 7.14. The van der Waals surface area contributed by atoms with E-state index in [0.29, 0.717) is 40.2 Å². The van der Waals surface area contributed by atoms with Gasteiger partial charge in [0.25, 0.3) is 0 Å². The van der Waals surface area contributed by atoms with Crippen LogP contribution in [0.2, 0.25) is 0 Å². The fourth-order valence-electron chi connectivity index (χ4n) is 3.16. The van der Waals surface area contributed by atoms with Gasteiger partial charge in [-0.15, -0.1) is 16.4 Å². The summed E-state index contributed by atoms with van der Waals surface area (Å²) in [5.74, 6) is 3.55. The number of methoxy groups -OCH3 is 3. The molecular weight excluding hydrogens is 406 g/mol. The summed E-state index contributed by atoms with van der Waals surface area (Å²) < 4.78 is 24.2. The Kier molecular flexibility index (Phi) is 5.17. The summed E-state index contributed by atoms with van der Waals surface area (Å²) in [7, 11) is 4.66. The van der Waals surface area contributed by atoms with Gasteiger partial charge in [-0.05, 0) is 20.8 Å². The molecule has 30 heavy (non-hydrogen) atoms. The monoisotopic (exact) mass is 427 g/mol. The Bertz CT molecular complexity index is 1210. The maximum atomic E-state index is 6.20. The summed E-state index contributed by atoms with van der Waals surface area (Å²) in [5, 5.41) is 5.57. The van der Waals surface area contributed by atoms with E-state index >= 15 is 0 Å². The number of hydrogen-bond donors (Lipinski definition) is 0. The molecule has 0 aliphatic heterocycles. The van der Waals surface area contributed by atoms with E-state index in [9.17, 15) is 0 Å². The average Bonchev–Trinajstić information content (AvgIpc) is 3.30. The van der Waals surface area contributed by atoms with E-state index in [2.05, 4.69) is 20.1 Å². The lowest BCUT2D eigenvalue weighted by atomic mass is 10.2. The summed E-state index contributed by atoms with van der Waals surface area (Å²) in [5.41, 5.74) is 1.45. The van der Waals surface area contributed by atoms with Crippen LogP contribution in [0, 0.1) is 20.8 Å². The molecule has 0 fully saturated rings. The van der Waals surface area contributed by atoms with Gasteiger partial charge in [-0.25, -0.2) is 14.5 Å². The first-order valence-electron chi connectivity index (χ1n) is 9.09. The van der Waals surface area contributed by atoms with Crippen molar-refractivity contribution in [2.24, 2.45) is 0 Å². The van der Waals surface area contributed by atoms with Crippen LogP contribution >= 0.6 is 11.3 Å². The van der Waals surface area contributed by atoms with Gasteiger partial charge < -0.3 is 18.9 Å². The molecule has 0 N–H and O–H groups in total. The molecule has 156 valence electrons. The number of rotatable bonds is 6. The number of aromatic nitrogens is 5. The van der Waals surface area contributed by atoms with E-state index in [1.807, 2.05) is 20.8 Å². The predicted molar refractivity (Wildman–Crippen MR) is 112 cm³/mol. The van der Waals surface area contributed by atoms with Crippen molar-refractivity contribution in [2.75, 3.05) is 21.3 Å². The molecule has 3 heterocycles. The number of nitrogens with zero attached hydrogens (tertiary/aromatic N) is 5. The third-order valence-corrected chi connectivity index (χ3v) is 5.40. The molecule has 0 saturated heterocycles. The van der Waals surface area contributed by atoms with Crippen molar-refractivity contribution in [3.63, 3.8) is 0 Å². The molecule has 0 spiro atoms. The highest BCUT2D eigenvalue weighted by atomic mass is 32.1. The van der Waals surface area contributed by atoms with Crippen molar-refractivity contribution in [3.05, 3.63) is 34.9 Å². The van der Waals surface area contributed by atoms with Gasteiger partial charge in [-0.2, -0.15) is 4.98 Å². The van der Waals surface area contributed by atoms with Crippen LogP contribution in [-0.4, -0.2) is 45.9 Å². The summed E-state index contributed by atoms with van der Waals surface area (Å²) in [6.07, 6.45) is 1.75. The molecule has 3 aromatic heterocycles. The first kappa shape index (κ1) is 19.9. The Labute approximate surface area is 177 Å². The average molecular weight is 427 g/mol. The fourth-order valence-corrected chi connectivity index (χ4v) is 3.87. The molecule has 4 rings (SSSR count). The van der Waals surface area contributed by atoms with E-state index < -0.39 is 0 Å². The van der Waals surface area contributed by atoms with Gasteiger partial charge in [0.2, 0.25) is 11.6 Å². The van der Waals surface area contributed by atoms with Crippen molar-refractivity contribution >= 4 is 16.9 Å². The van der Waals surface area contributed by atoms with E-state index in [1.54, 1.807) is 44.2 Å². The Morgan fingerprint density at radius 1 is 0.933 bits per heavy atom. The summed E-state index contributed by atoms with van der Waals surface area (Å²) in [4.78, 5) is 14.3. The predicted octanol–water partition coefficient (Wildman–Crippen LogP) is 3.99. The number of benzene rings is 1. The molecule has 0 saturated carbocycles. The minimum atomic E-state index is 0.374. The lowest BCUT2D eigenvalue weighted by Gasteiger charge is -2.15. The van der Waals surface area contributed by atoms with Gasteiger partial charge in [0, 0.05) is 18.3 Å². The number of aryl methyl sites for hydroxylation is 3. The SMILES string of the molecule is COc1cc(Oc2nc(-c3cnc(C)s3)nn3c(C)nc(C)c23)cc(OC)c1OC. The number of fused-ring (bicyclic) bond motifs is 1. The zero-order chi connectivity index (χ0) is 21.4. The molecule has 0 amide bonds. The van der Waals surface area contributed by atoms with E-state index in [1.165, 1.54) is 11.3 Å². The van der Waals surface area contributed by atoms with Crippen LogP contribution in [0.5, 0.6) is 28.9 Å². The van der Waals surface area contributed by atoms with Crippen LogP contribution < -0.4 is 18.9 Å². The minimum absolute atomic E-state index is 0.374. The molecule has 0 aliphatic rings. The van der Waals surface area contributed by atoms with Gasteiger partial charge in [-0.3, -0.25) is 0 Å². The van der Waals surface area contributed by atoms with E-state index in [0.717, 1.165) is 21.4 Å². The highest BCUT2D eigenvalue weighted by Crippen LogP contribution is 2.42. The highest BCUT2D eigenvalue weighted by Gasteiger charge is 2.20. The third-order valence-electron chi connectivity index (χ3n) is 4.49. The quantitative estimate of drug-likeness (QED) is 0.456. The van der Waals surface area contributed by atoms with Gasteiger partial charge in [0.15, 0.2) is 22.8 Å². The molecule has 0 bridgehead atoms. The Hall–Kier alpha value is -3.40. The van der Waals surface area contributed by atoms with Crippen LogP contribution in [0.15, 0.2) is 18.3 Å². The Morgan fingerprint density at radius 2 is 1.63 bits per heavy atom. The number of hydrogen-bond acceptors (Lipinski definition) is 9. The largest absolute Gasteiger partial charge is 0.493 e. The molecule has 0 aliphatic carbocycles. The maximum absolute atomic E-state index is 6.20. The van der Waals surface area contributed by atoms with Crippen LogP contribution in [-0.2, 0) is 0 Å². The first-order chi connectivity index (χ1) is 14.4. The van der Waals surface area contributed by atoms with E-state index in [4.69, 9.17) is 18.9 Å². The number of imidazole rings is 1. The molecule has 4 aromatic rings. The maximum Gasteiger partial charge on any atom is 0.249 e. The number of thiazole rings is 1. The molecule has 0 atom stereocenters.